The number of H-pyrrole nitrogens is 1. The van der Waals surface area contributed by atoms with Gasteiger partial charge in [-0.3, -0.25) is 14.2 Å². The smallest absolute Gasteiger partial charge is 0.269 e. The van der Waals surface area contributed by atoms with Crippen molar-refractivity contribution in [3.63, 3.8) is 0 Å². The first-order chi connectivity index (χ1) is 11.0. The van der Waals surface area contributed by atoms with Crippen LogP contribution in [0.3, 0.4) is 0 Å². The highest BCUT2D eigenvalue weighted by molar-refractivity contribution is 7.71. The molecular weight excluding hydrogens is 312 g/mol. The standard InChI is InChI=1S/C16H20N4O2S/c1-11(2)14(21)17-8-9-18-15(22)13-10-19-16(23)20(13)12-6-4-3-5-7-12/h3-7,10-11H,8-9H2,1-2H3,(H,17,21)(H,18,22)(H,19,23). The minimum Gasteiger partial charge on any atom is -0.354 e. The van der Waals surface area contributed by atoms with Gasteiger partial charge >= 0.3 is 0 Å². The van der Waals surface area contributed by atoms with Crippen LogP contribution in [0.5, 0.6) is 0 Å². The van der Waals surface area contributed by atoms with E-state index in [1.54, 1.807) is 10.8 Å². The fourth-order valence-corrected chi connectivity index (χ4v) is 2.29. The fraction of sp³-hybridized carbons (Fsp3) is 0.312. The Morgan fingerprint density at radius 3 is 2.48 bits per heavy atom. The van der Waals surface area contributed by atoms with Crippen molar-refractivity contribution in [3.05, 3.63) is 47.0 Å². The molecule has 0 aliphatic heterocycles. The number of carbonyl (C=O) groups excluding carboxylic acids is 2. The molecule has 2 rings (SSSR count). The summed E-state index contributed by atoms with van der Waals surface area (Å²) in [4.78, 5) is 26.7. The van der Waals surface area contributed by atoms with Crippen molar-refractivity contribution in [2.75, 3.05) is 13.1 Å². The zero-order valence-electron chi connectivity index (χ0n) is 13.1. The van der Waals surface area contributed by atoms with E-state index in [1.807, 2.05) is 44.2 Å². The van der Waals surface area contributed by atoms with Crippen molar-refractivity contribution >= 4 is 24.0 Å². The summed E-state index contributed by atoms with van der Waals surface area (Å²) in [6.45, 7) is 4.38. The minimum atomic E-state index is -0.250. The summed E-state index contributed by atoms with van der Waals surface area (Å²) in [7, 11) is 0. The largest absolute Gasteiger partial charge is 0.354 e. The van der Waals surface area contributed by atoms with Gasteiger partial charge in [0.1, 0.15) is 5.69 Å². The van der Waals surface area contributed by atoms with Gasteiger partial charge in [-0.15, -0.1) is 0 Å². The molecule has 7 heteroatoms. The van der Waals surface area contributed by atoms with Crippen LogP contribution in [-0.4, -0.2) is 34.5 Å². The predicted molar refractivity (Wildman–Crippen MR) is 91.1 cm³/mol. The Balaban J connectivity index is 2.01. The Kier molecular flexibility index (Phi) is 5.70. The second kappa shape index (κ2) is 7.73. The number of nitrogens with one attached hydrogen (secondary N) is 3. The van der Waals surface area contributed by atoms with Gasteiger partial charge in [-0.05, 0) is 24.4 Å². The summed E-state index contributed by atoms with van der Waals surface area (Å²) in [5.74, 6) is -0.355. The monoisotopic (exact) mass is 332 g/mol. The highest BCUT2D eigenvalue weighted by Gasteiger charge is 2.14. The van der Waals surface area contributed by atoms with Crippen LogP contribution in [0.2, 0.25) is 0 Å². The van der Waals surface area contributed by atoms with Crippen LogP contribution in [0, 0.1) is 10.7 Å². The molecule has 0 unspecified atom stereocenters. The van der Waals surface area contributed by atoms with Crippen molar-refractivity contribution < 1.29 is 9.59 Å². The third-order valence-electron chi connectivity index (χ3n) is 3.26. The Morgan fingerprint density at radius 1 is 1.17 bits per heavy atom. The average molecular weight is 332 g/mol. The molecule has 6 nitrogen and oxygen atoms in total. The van der Waals surface area contributed by atoms with E-state index in [1.165, 1.54) is 0 Å². The van der Waals surface area contributed by atoms with Gasteiger partial charge in [0.25, 0.3) is 5.91 Å². The second-order valence-electron chi connectivity index (χ2n) is 5.35. The summed E-state index contributed by atoms with van der Waals surface area (Å²) in [6, 6.07) is 9.42. The molecule has 0 radical (unpaired) electrons. The van der Waals surface area contributed by atoms with Crippen molar-refractivity contribution in [2.45, 2.75) is 13.8 Å². The molecule has 3 N–H and O–H groups in total. The summed E-state index contributed by atoms with van der Waals surface area (Å²) in [5.41, 5.74) is 1.24. The summed E-state index contributed by atoms with van der Waals surface area (Å²) in [5, 5.41) is 5.53. The number of benzene rings is 1. The lowest BCUT2D eigenvalue weighted by Crippen LogP contribution is -2.36. The van der Waals surface area contributed by atoms with Gasteiger partial charge in [-0.2, -0.15) is 0 Å². The number of aromatic nitrogens is 2. The lowest BCUT2D eigenvalue weighted by atomic mass is 10.2. The third-order valence-corrected chi connectivity index (χ3v) is 3.56. The van der Waals surface area contributed by atoms with E-state index in [4.69, 9.17) is 12.2 Å². The first kappa shape index (κ1) is 17.0. The summed E-state index contributed by atoms with van der Waals surface area (Å²) >= 11 is 5.24. The van der Waals surface area contributed by atoms with Crippen LogP contribution in [0.25, 0.3) is 5.69 Å². The van der Waals surface area contributed by atoms with Crippen LogP contribution in [0.15, 0.2) is 36.5 Å². The van der Waals surface area contributed by atoms with Gasteiger partial charge in [0.15, 0.2) is 4.77 Å². The molecular formula is C16H20N4O2S. The maximum atomic E-state index is 12.3. The molecule has 23 heavy (non-hydrogen) atoms. The molecule has 0 atom stereocenters. The quantitative estimate of drug-likeness (QED) is 0.559. The number of hydrogen-bond donors (Lipinski definition) is 3. The van der Waals surface area contributed by atoms with E-state index < -0.39 is 0 Å². The number of amides is 2. The summed E-state index contributed by atoms with van der Waals surface area (Å²) < 4.78 is 2.13. The van der Waals surface area contributed by atoms with Crippen LogP contribution < -0.4 is 10.6 Å². The maximum absolute atomic E-state index is 12.3. The average Bonchev–Trinajstić information content (AvgIpc) is 2.93. The molecule has 1 aromatic heterocycles. The van der Waals surface area contributed by atoms with Crippen molar-refractivity contribution in [1.82, 2.24) is 20.2 Å². The number of nitrogens with zero attached hydrogens (tertiary/aromatic N) is 1. The third kappa shape index (κ3) is 4.29. The van der Waals surface area contributed by atoms with Crippen LogP contribution in [0.1, 0.15) is 24.3 Å². The van der Waals surface area contributed by atoms with Crippen LogP contribution >= 0.6 is 12.2 Å². The molecule has 0 fully saturated rings. The predicted octanol–water partition coefficient (Wildman–Crippen LogP) is 2.04. The van der Waals surface area contributed by atoms with Crippen molar-refractivity contribution in [2.24, 2.45) is 5.92 Å². The molecule has 2 amide bonds. The normalized spacial score (nSPS) is 10.6. The molecule has 0 saturated heterocycles. The van der Waals surface area contributed by atoms with E-state index >= 15 is 0 Å². The van der Waals surface area contributed by atoms with Gasteiger partial charge < -0.3 is 15.6 Å². The highest BCUT2D eigenvalue weighted by atomic mass is 32.1. The van der Waals surface area contributed by atoms with Crippen molar-refractivity contribution in [3.8, 4) is 5.69 Å². The molecule has 0 aliphatic carbocycles. The zero-order chi connectivity index (χ0) is 16.8. The van der Waals surface area contributed by atoms with Crippen LogP contribution in [0.4, 0.5) is 0 Å². The van der Waals surface area contributed by atoms with Gasteiger partial charge in [-0.25, -0.2) is 0 Å². The Bertz CT molecular complexity index is 734. The van der Waals surface area contributed by atoms with Crippen LogP contribution in [-0.2, 0) is 4.79 Å². The summed E-state index contributed by atoms with van der Waals surface area (Å²) in [6.07, 6.45) is 1.58. The van der Waals surface area contributed by atoms with Gasteiger partial charge in [-0.1, -0.05) is 32.0 Å². The van der Waals surface area contributed by atoms with E-state index in [9.17, 15) is 9.59 Å². The Hall–Kier alpha value is -2.41. The maximum Gasteiger partial charge on any atom is 0.269 e. The van der Waals surface area contributed by atoms with Crippen molar-refractivity contribution in [1.29, 1.82) is 0 Å². The molecule has 0 bridgehead atoms. The van der Waals surface area contributed by atoms with E-state index in [-0.39, 0.29) is 17.7 Å². The first-order valence-corrected chi connectivity index (χ1v) is 7.83. The number of aromatic amines is 1. The lowest BCUT2D eigenvalue weighted by molar-refractivity contribution is -0.123. The van der Waals surface area contributed by atoms with Gasteiger partial charge in [0.05, 0.1) is 0 Å². The van der Waals surface area contributed by atoms with E-state index in [2.05, 4.69) is 15.6 Å². The van der Waals surface area contributed by atoms with Gasteiger partial charge in [0.2, 0.25) is 5.91 Å². The molecule has 122 valence electrons. The molecule has 0 aliphatic rings. The van der Waals surface area contributed by atoms with E-state index in [0.717, 1.165) is 5.69 Å². The zero-order valence-corrected chi connectivity index (χ0v) is 13.9. The molecule has 2 aromatic rings. The number of imidazole rings is 1. The Labute approximate surface area is 139 Å². The SMILES string of the molecule is CC(C)C(=O)NCCNC(=O)c1c[nH]c(=S)n1-c1ccccc1. The number of para-hydroxylation sites is 1. The highest BCUT2D eigenvalue weighted by Crippen LogP contribution is 2.12. The fourth-order valence-electron chi connectivity index (χ4n) is 2.03. The minimum absolute atomic E-state index is 0.0342. The topological polar surface area (TPSA) is 78.9 Å². The van der Waals surface area contributed by atoms with Gasteiger partial charge in [0, 0.05) is 30.9 Å². The second-order valence-corrected chi connectivity index (χ2v) is 5.74. The number of rotatable bonds is 6. The molecule has 0 saturated carbocycles. The number of carbonyl (C=O) groups is 2. The Morgan fingerprint density at radius 2 is 1.83 bits per heavy atom. The van der Waals surface area contributed by atoms with E-state index in [0.29, 0.717) is 23.6 Å². The number of hydrogen-bond acceptors (Lipinski definition) is 3. The molecule has 1 aromatic carbocycles. The molecule has 0 spiro atoms. The lowest BCUT2D eigenvalue weighted by Gasteiger charge is -2.10. The molecule has 1 heterocycles. The first-order valence-electron chi connectivity index (χ1n) is 7.42.